The summed E-state index contributed by atoms with van der Waals surface area (Å²) >= 11 is 14.9. The highest BCUT2D eigenvalue weighted by atomic mass is 35.5. The fraction of sp³-hybridized carbons (Fsp3) is 0. The maximum Gasteiger partial charge on any atom is 0.291 e. The summed E-state index contributed by atoms with van der Waals surface area (Å²) in [5.74, 6) is 0.569. The van der Waals surface area contributed by atoms with Gasteiger partial charge in [-0.15, -0.1) is 16.4 Å². The van der Waals surface area contributed by atoms with Gasteiger partial charge >= 0.3 is 0 Å². The van der Waals surface area contributed by atoms with Crippen LogP contribution < -0.4 is 10.1 Å². The Bertz CT molecular complexity index is 1120. The van der Waals surface area contributed by atoms with Gasteiger partial charge in [0.25, 0.3) is 5.56 Å². The number of rotatable bonds is 2. The zero-order valence-electron chi connectivity index (χ0n) is 11.4. The Hall–Kier alpha value is -1.73. The van der Waals surface area contributed by atoms with Crippen molar-refractivity contribution in [3.63, 3.8) is 0 Å². The molecule has 0 aliphatic rings. The van der Waals surface area contributed by atoms with E-state index in [1.165, 1.54) is 27.2 Å². The molecule has 0 fully saturated rings. The number of thiazole rings is 1. The van der Waals surface area contributed by atoms with Gasteiger partial charge in [0.15, 0.2) is 5.82 Å². The summed E-state index contributed by atoms with van der Waals surface area (Å²) in [7, 11) is 0. The number of aromatic nitrogens is 3. The van der Waals surface area contributed by atoms with E-state index >= 15 is 0 Å². The van der Waals surface area contributed by atoms with Crippen molar-refractivity contribution in [3.8, 4) is 10.7 Å². The molecule has 8 heteroatoms. The van der Waals surface area contributed by atoms with Crippen LogP contribution in [-0.2, 0) is 0 Å². The van der Waals surface area contributed by atoms with Crippen LogP contribution in [0.4, 0.5) is 0 Å². The molecule has 0 atom stereocenters. The first-order valence-corrected chi connectivity index (χ1v) is 8.97. The number of benzene rings is 1. The van der Waals surface area contributed by atoms with Gasteiger partial charge in [0, 0.05) is 10.0 Å². The molecule has 0 amide bonds. The van der Waals surface area contributed by atoms with E-state index < -0.39 is 0 Å². The second-order valence-corrected chi connectivity index (χ2v) is 7.49. The van der Waals surface area contributed by atoms with E-state index in [9.17, 15) is 4.79 Å². The molecule has 0 saturated carbocycles. The smallest absolute Gasteiger partial charge is 0.266 e. The van der Waals surface area contributed by atoms with Gasteiger partial charge < -0.3 is 0 Å². The van der Waals surface area contributed by atoms with Gasteiger partial charge in [0.1, 0.15) is 0 Å². The predicted molar refractivity (Wildman–Crippen MR) is 95.7 cm³/mol. The van der Waals surface area contributed by atoms with Gasteiger partial charge in [-0.3, -0.25) is 4.79 Å². The third kappa shape index (κ3) is 2.68. The summed E-state index contributed by atoms with van der Waals surface area (Å²) < 4.78 is 1.86. The molecule has 0 saturated heterocycles. The average molecular weight is 380 g/mol. The summed E-state index contributed by atoms with van der Waals surface area (Å²) in [5, 5.41) is 7.29. The highest BCUT2D eigenvalue weighted by Gasteiger charge is 2.12. The number of hydrogen-bond donors (Lipinski definition) is 0. The highest BCUT2D eigenvalue weighted by molar-refractivity contribution is 7.15. The molecule has 23 heavy (non-hydrogen) atoms. The molecular weight excluding hydrogens is 373 g/mol. The molecule has 0 unspecified atom stereocenters. The van der Waals surface area contributed by atoms with Crippen LogP contribution in [0, 0.1) is 0 Å². The van der Waals surface area contributed by atoms with Crippen LogP contribution >= 0.6 is 45.9 Å². The molecule has 0 spiro atoms. The van der Waals surface area contributed by atoms with E-state index in [0.29, 0.717) is 25.4 Å². The standard InChI is InChI=1S/C15H7Cl2N3OS2/c16-9-4-3-8(10(17)7-9)6-12-14(21)20-15(23-12)18-13(19-20)11-2-1-5-22-11/h1-7H/b12-6+. The Labute approximate surface area is 148 Å². The van der Waals surface area contributed by atoms with E-state index in [4.69, 9.17) is 23.2 Å². The molecule has 3 aromatic heterocycles. The largest absolute Gasteiger partial charge is 0.291 e. The lowest BCUT2D eigenvalue weighted by atomic mass is 10.2. The lowest BCUT2D eigenvalue weighted by Gasteiger charge is -1.97. The van der Waals surface area contributed by atoms with E-state index in [-0.39, 0.29) is 5.56 Å². The molecule has 1 aromatic carbocycles. The van der Waals surface area contributed by atoms with Crippen LogP contribution in [0.2, 0.25) is 10.0 Å². The zero-order valence-corrected chi connectivity index (χ0v) is 14.5. The molecule has 0 aliphatic carbocycles. The van der Waals surface area contributed by atoms with Crippen molar-refractivity contribution in [1.82, 2.24) is 14.6 Å². The Morgan fingerprint density at radius 1 is 1.22 bits per heavy atom. The van der Waals surface area contributed by atoms with Crippen LogP contribution in [0.1, 0.15) is 5.56 Å². The first-order chi connectivity index (χ1) is 11.1. The normalized spacial score (nSPS) is 12.3. The summed E-state index contributed by atoms with van der Waals surface area (Å²) in [6.07, 6.45) is 1.73. The molecule has 0 radical (unpaired) electrons. The maximum atomic E-state index is 12.5. The maximum absolute atomic E-state index is 12.5. The minimum Gasteiger partial charge on any atom is -0.266 e. The fourth-order valence-corrected chi connectivity index (χ4v) is 4.12. The third-order valence-electron chi connectivity index (χ3n) is 3.17. The van der Waals surface area contributed by atoms with Crippen LogP contribution in [-0.4, -0.2) is 14.6 Å². The Morgan fingerprint density at radius 2 is 2.09 bits per heavy atom. The molecular formula is C15H7Cl2N3OS2. The first kappa shape index (κ1) is 14.8. The summed E-state index contributed by atoms with van der Waals surface area (Å²) in [5.41, 5.74) is 0.530. The summed E-state index contributed by atoms with van der Waals surface area (Å²) in [6.45, 7) is 0. The van der Waals surface area contributed by atoms with Crippen molar-refractivity contribution < 1.29 is 0 Å². The van der Waals surface area contributed by atoms with Crippen LogP contribution in [0.3, 0.4) is 0 Å². The second kappa shape index (κ2) is 5.72. The SMILES string of the molecule is O=c1/c(=C\c2ccc(Cl)cc2Cl)sc2nc(-c3cccs3)nn12. The lowest BCUT2D eigenvalue weighted by molar-refractivity contribution is 0.938. The van der Waals surface area contributed by atoms with Crippen molar-refractivity contribution in [2.24, 2.45) is 0 Å². The van der Waals surface area contributed by atoms with Gasteiger partial charge in [0.2, 0.25) is 4.96 Å². The number of fused-ring (bicyclic) bond motifs is 1. The van der Waals surface area contributed by atoms with Gasteiger partial charge in [-0.05, 0) is 35.2 Å². The van der Waals surface area contributed by atoms with Crippen molar-refractivity contribution in [1.29, 1.82) is 0 Å². The fourth-order valence-electron chi connectivity index (χ4n) is 2.10. The molecule has 4 aromatic rings. The van der Waals surface area contributed by atoms with Gasteiger partial charge in [-0.25, -0.2) is 0 Å². The quantitative estimate of drug-likeness (QED) is 0.532. The minimum absolute atomic E-state index is 0.202. The molecule has 0 N–H and O–H groups in total. The highest BCUT2D eigenvalue weighted by Crippen LogP contribution is 2.23. The minimum atomic E-state index is -0.202. The van der Waals surface area contributed by atoms with E-state index in [0.717, 1.165) is 10.4 Å². The topological polar surface area (TPSA) is 47.3 Å². The number of hydrogen-bond acceptors (Lipinski definition) is 5. The molecule has 114 valence electrons. The number of thiophene rings is 1. The Morgan fingerprint density at radius 3 is 2.78 bits per heavy atom. The van der Waals surface area contributed by atoms with E-state index in [2.05, 4.69) is 10.1 Å². The van der Waals surface area contributed by atoms with Crippen LogP contribution in [0.15, 0.2) is 40.5 Å². The molecule has 3 heterocycles. The summed E-state index contributed by atoms with van der Waals surface area (Å²) in [4.78, 5) is 18.4. The molecule has 0 aliphatic heterocycles. The van der Waals surface area contributed by atoms with Gasteiger partial charge in [-0.2, -0.15) is 9.50 Å². The third-order valence-corrected chi connectivity index (χ3v) is 5.56. The Balaban J connectivity index is 1.86. The van der Waals surface area contributed by atoms with Crippen molar-refractivity contribution in [3.05, 3.63) is 66.2 Å². The van der Waals surface area contributed by atoms with Crippen molar-refractivity contribution >= 4 is 56.9 Å². The lowest BCUT2D eigenvalue weighted by Crippen LogP contribution is -2.23. The molecule has 4 nitrogen and oxygen atoms in total. The number of nitrogens with zero attached hydrogens (tertiary/aromatic N) is 3. The zero-order chi connectivity index (χ0) is 16.0. The van der Waals surface area contributed by atoms with E-state index in [1.807, 2.05) is 17.5 Å². The van der Waals surface area contributed by atoms with Gasteiger partial charge in [-0.1, -0.05) is 46.7 Å². The Kier molecular flexibility index (Phi) is 3.69. The predicted octanol–water partition coefficient (Wildman–Crippen LogP) is 3.73. The van der Waals surface area contributed by atoms with Crippen molar-refractivity contribution in [2.75, 3.05) is 0 Å². The first-order valence-electron chi connectivity index (χ1n) is 6.52. The summed E-state index contributed by atoms with van der Waals surface area (Å²) in [6, 6.07) is 9.00. The molecule has 4 rings (SSSR count). The second-order valence-electron chi connectivity index (χ2n) is 4.69. The van der Waals surface area contributed by atoms with Crippen LogP contribution in [0.5, 0.6) is 0 Å². The average Bonchev–Trinajstić information content (AvgIpc) is 3.21. The van der Waals surface area contributed by atoms with Crippen LogP contribution in [0.25, 0.3) is 21.7 Å². The monoisotopic (exact) mass is 379 g/mol. The van der Waals surface area contributed by atoms with Crippen molar-refractivity contribution in [2.45, 2.75) is 0 Å². The van der Waals surface area contributed by atoms with E-state index in [1.54, 1.807) is 24.3 Å². The number of halogens is 2. The van der Waals surface area contributed by atoms with Gasteiger partial charge in [0.05, 0.1) is 9.41 Å². The molecule has 0 bridgehead atoms.